The number of carbonyl (C=O) groups is 1. The van der Waals surface area contributed by atoms with E-state index in [0.717, 1.165) is 25.8 Å². The molecule has 0 radical (unpaired) electrons. The number of amides is 1. The molecule has 16 heavy (non-hydrogen) atoms. The quantitative estimate of drug-likeness (QED) is 0.796. The minimum Gasteiger partial charge on any atom is -0.355 e. The third kappa shape index (κ3) is 2.89. The van der Waals surface area contributed by atoms with Crippen molar-refractivity contribution in [1.29, 1.82) is 0 Å². The Morgan fingerprint density at radius 3 is 2.56 bits per heavy atom. The smallest absolute Gasteiger partial charge is 0.224 e. The zero-order valence-corrected chi connectivity index (χ0v) is 10.8. The monoisotopic (exact) mass is 246 g/mol. The minimum atomic E-state index is 0. The van der Waals surface area contributed by atoms with E-state index in [0.29, 0.717) is 5.41 Å². The van der Waals surface area contributed by atoms with Crippen LogP contribution >= 0.6 is 12.4 Å². The normalized spacial score (nSPS) is 30.6. The highest BCUT2D eigenvalue weighted by atomic mass is 35.5. The van der Waals surface area contributed by atoms with Crippen molar-refractivity contribution in [2.24, 2.45) is 17.1 Å². The van der Waals surface area contributed by atoms with E-state index in [1.807, 2.05) is 0 Å². The third-order valence-corrected chi connectivity index (χ3v) is 4.25. The molecule has 2 rings (SSSR count). The zero-order valence-electron chi connectivity index (χ0n) is 10.00. The summed E-state index contributed by atoms with van der Waals surface area (Å²) < 4.78 is 0. The highest BCUT2D eigenvalue weighted by molar-refractivity contribution is 5.85. The van der Waals surface area contributed by atoms with Crippen LogP contribution in [0.15, 0.2) is 0 Å². The summed E-state index contributed by atoms with van der Waals surface area (Å²) in [5.41, 5.74) is 6.35. The van der Waals surface area contributed by atoms with Gasteiger partial charge in [0.2, 0.25) is 5.91 Å². The van der Waals surface area contributed by atoms with Crippen LogP contribution in [0.4, 0.5) is 0 Å². The molecule has 0 bridgehead atoms. The van der Waals surface area contributed by atoms with E-state index in [9.17, 15) is 4.79 Å². The van der Waals surface area contributed by atoms with Crippen LogP contribution in [0.25, 0.3) is 0 Å². The van der Waals surface area contributed by atoms with Crippen LogP contribution in [0.5, 0.6) is 0 Å². The second-order valence-electron chi connectivity index (χ2n) is 5.27. The van der Waals surface area contributed by atoms with E-state index in [1.54, 1.807) is 0 Å². The minimum absolute atomic E-state index is 0. The molecule has 0 heterocycles. The van der Waals surface area contributed by atoms with Crippen molar-refractivity contribution in [2.45, 2.75) is 51.5 Å². The van der Waals surface area contributed by atoms with Crippen LogP contribution < -0.4 is 11.1 Å². The molecule has 0 saturated heterocycles. The number of nitrogens with two attached hydrogens (primary N) is 1. The van der Waals surface area contributed by atoms with E-state index in [-0.39, 0.29) is 30.3 Å². The van der Waals surface area contributed by atoms with Crippen molar-refractivity contribution in [2.75, 3.05) is 6.54 Å². The number of halogens is 1. The molecule has 2 fully saturated rings. The van der Waals surface area contributed by atoms with E-state index in [2.05, 4.69) is 12.2 Å². The Labute approximate surface area is 104 Å². The van der Waals surface area contributed by atoms with Gasteiger partial charge in [-0.2, -0.15) is 0 Å². The molecule has 2 unspecified atom stereocenters. The van der Waals surface area contributed by atoms with Crippen LogP contribution in [0.2, 0.25) is 0 Å². The Morgan fingerprint density at radius 1 is 1.44 bits per heavy atom. The molecule has 2 aliphatic rings. The molecule has 94 valence electrons. The fourth-order valence-corrected chi connectivity index (χ4v) is 2.55. The lowest BCUT2D eigenvalue weighted by Crippen LogP contribution is -2.40. The van der Waals surface area contributed by atoms with Crippen molar-refractivity contribution in [1.82, 2.24) is 5.32 Å². The Morgan fingerprint density at radius 2 is 2.12 bits per heavy atom. The van der Waals surface area contributed by atoms with Crippen molar-refractivity contribution in [3.05, 3.63) is 0 Å². The fraction of sp³-hybridized carbons (Fsp3) is 0.917. The highest BCUT2D eigenvalue weighted by Gasteiger charge is 2.41. The second kappa shape index (κ2) is 5.37. The van der Waals surface area contributed by atoms with Gasteiger partial charge in [0.15, 0.2) is 0 Å². The highest BCUT2D eigenvalue weighted by Crippen LogP contribution is 2.47. The van der Waals surface area contributed by atoms with Gasteiger partial charge in [0.1, 0.15) is 0 Å². The molecule has 2 saturated carbocycles. The number of hydrogen-bond acceptors (Lipinski definition) is 2. The zero-order chi connectivity index (χ0) is 10.9. The predicted molar refractivity (Wildman–Crippen MR) is 67.5 cm³/mol. The maximum atomic E-state index is 11.9. The SMILES string of the molecule is CCC1(CNC(=O)C2CCCC2N)CC1.Cl. The van der Waals surface area contributed by atoms with Gasteiger partial charge in [-0.25, -0.2) is 0 Å². The first kappa shape index (κ1) is 13.8. The van der Waals surface area contributed by atoms with Crippen molar-refractivity contribution in [3.63, 3.8) is 0 Å². The van der Waals surface area contributed by atoms with Gasteiger partial charge in [-0.1, -0.05) is 13.3 Å². The third-order valence-electron chi connectivity index (χ3n) is 4.25. The molecular weight excluding hydrogens is 224 g/mol. The van der Waals surface area contributed by atoms with Gasteiger partial charge in [0.05, 0.1) is 5.92 Å². The summed E-state index contributed by atoms with van der Waals surface area (Å²) in [6, 6.07) is 0.0989. The maximum absolute atomic E-state index is 11.9. The number of carbonyl (C=O) groups excluding carboxylic acids is 1. The molecule has 3 N–H and O–H groups in total. The van der Waals surface area contributed by atoms with Gasteiger partial charge < -0.3 is 11.1 Å². The molecule has 3 nitrogen and oxygen atoms in total. The number of rotatable bonds is 4. The average molecular weight is 247 g/mol. The van der Waals surface area contributed by atoms with Crippen molar-refractivity contribution in [3.8, 4) is 0 Å². The standard InChI is InChI=1S/C12H22N2O.ClH/c1-2-12(6-7-12)8-14-11(15)9-4-3-5-10(9)13;/h9-10H,2-8,13H2,1H3,(H,14,15);1H. The summed E-state index contributed by atoms with van der Waals surface area (Å²) >= 11 is 0. The van der Waals surface area contributed by atoms with Gasteiger partial charge in [-0.05, 0) is 37.5 Å². The first-order valence-electron chi connectivity index (χ1n) is 6.20. The first-order valence-corrected chi connectivity index (χ1v) is 6.20. The molecule has 4 heteroatoms. The predicted octanol–water partition coefficient (Wildman–Crippen LogP) is 1.84. The summed E-state index contributed by atoms with van der Waals surface area (Å²) in [6.07, 6.45) is 6.84. The molecule has 0 spiro atoms. The summed E-state index contributed by atoms with van der Waals surface area (Å²) in [4.78, 5) is 11.9. The van der Waals surface area contributed by atoms with Gasteiger partial charge in [0.25, 0.3) is 0 Å². The molecule has 0 aromatic carbocycles. The van der Waals surface area contributed by atoms with Gasteiger partial charge >= 0.3 is 0 Å². The second-order valence-corrected chi connectivity index (χ2v) is 5.27. The lowest BCUT2D eigenvalue weighted by atomic mass is 10.0. The molecular formula is C12H23ClN2O. The lowest BCUT2D eigenvalue weighted by Gasteiger charge is -2.18. The largest absolute Gasteiger partial charge is 0.355 e. The molecule has 1 amide bonds. The molecule has 0 aromatic heterocycles. The van der Waals surface area contributed by atoms with Crippen LogP contribution in [0.1, 0.15) is 45.4 Å². The Kier molecular flexibility index (Phi) is 4.62. The Balaban J connectivity index is 0.00000128. The van der Waals surface area contributed by atoms with Crippen molar-refractivity contribution >= 4 is 18.3 Å². The lowest BCUT2D eigenvalue weighted by molar-refractivity contribution is -0.125. The summed E-state index contributed by atoms with van der Waals surface area (Å²) in [5, 5.41) is 3.09. The average Bonchev–Trinajstić information content (AvgIpc) is 2.91. The van der Waals surface area contributed by atoms with Gasteiger partial charge in [-0.3, -0.25) is 4.79 Å². The van der Waals surface area contributed by atoms with Crippen LogP contribution in [-0.2, 0) is 4.79 Å². The van der Waals surface area contributed by atoms with Crippen LogP contribution in [0, 0.1) is 11.3 Å². The van der Waals surface area contributed by atoms with E-state index in [4.69, 9.17) is 5.73 Å². The van der Waals surface area contributed by atoms with Gasteiger partial charge in [-0.15, -0.1) is 12.4 Å². The van der Waals surface area contributed by atoms with Crippen LogP contribution in [0.3, 0.4) is 0 Å². The molecule has 0 aromatic rings. The molecule has 2 atom stereocenters. The van der Waals surface area contributed by atoms with Gasteiger partial charge in [0, 0.05) is 12.6 Å². The van der Waals surface area contributed by atoms with Crippen molar-refractivity contribution < 1.29 is 4.79 Å². The van der Waals surface area contributed by atoms with E-state index >= 15 is 0 Å². The Bertz CT molecular complexity index is 253. The molecule has 0 aliphatic heterocycles. The van der Waals surface area contributed by atoms with Crippen LogP contribution in [-0.4, -0.2) is 18.5 Å². The number of hydrogen-bond donors (Lipinski definition) is 2. The molecule has 2 aliphatic carbocycles. The van der Waals surface area contributed by atoms with E-state index < -0.39 is 0 Å². The summed E-state index contributed by atoms with van der Waals surface area (Å²) in [7, 11) is 0. The fourth-order valence-electron chi connectivity index (χ4n) is 2.55. The summed E-state index contributed by atoms with van der Waals surface area (Å²) in [6.45, 7) is 3.08. The topological polar surface area (TPSA) is 55.1 Å². The van der Waals surface area contributed by atoms with E-state index in [1.165, 1.54) is 19.3 Å². The Hall–Kier alpha value is -0.280. The number of nitrogens with one attached hydrogen (secondary N) is 1. The first-order chi connectivity index (χ1) is 7.17. The summed E-state index contributed by atoms with van der Waals surface area (Å²) in [5.74, 6) is 0.275. The maximum Gasteiger partial charge on any atom is 0.224 e.